The summed E-state index contributed by atoms with van der Waals surface area (Å²) in [5, 5.41) is 2.23. The van der Waals surface area contributed by atoms with Crippen molar-refractivity contribution in [3.05, 3.63) is 34.9 Å². The maximum Gasteiger partial charge on any atom is 0.332 e. The summed E-state index contributed by atoms with van der Waals surface area (Å²) in [6.07, 6.45) is 3.50. The third-order valence-corrected chi connectivity index (χ3v) is 8.13. The van der Waals surface area contributed by atoms with Crippen LogP contribution in [0, 0.1) is 5.41 Å². The molecule has 0 bridgehead atoms. The minimum Gasteiger partial charge on any atom is -0.367 e. The molecule has 194 valence electrons. The van der Waals surface area contributed by atoms with Gasteiger partial charge in [-0.05, 0) is 61.9 Å². The van der Waals surface area contributed by atoms with Crippen LogP contribution in [0.15, 0.2) is 23.8 Å². The van der Waals surface area contributed by atoms with E-state index in [9.17, 15) is 28.8 Å². The summed E-state index contributed by atoms with van der Waals surface area (Å²) in [7, 11) is 2.78. The molecule has 1 N–H and O–H groups in total. The lowest BCUT2D eigenvalue weighted by Crippen LogP contribution is -2.70. The van der Waals surface area contributed by atoms with E-state index in [4.69, 9.17) is 0 Å². The first kappa shape index (κ1) is 24.7. The maximum atomic E-state index is 13.6. The molecular weight excluding hydrogens is 478 g/mol. The van der Waals surface area contributed by atoms with Crippen LogP contribution < -0.4 is 10.2 Å². The summed E-state index contributed by atoms with van der Waals surface area (Å²) in [6.45, 7) is 4.23. The number of fused-ring (bicyclic) bond motifs is 4. The highest BCUT2D eigenvalue weighted by Gasteiger charge is 2.63. The van der Waals surface area contributed by atoms with Crippen molar-refractivity contribution < 1.29 is 28.8 Å². The highest BCUT2D eigenvalue weighted by molar-refractivity contribution is 6.31. The van der Waals surface area contributed by atoms with E-state index in [1.165, 1.54) is 20.2 Å². The molecule has 8 amide bonds. The molecule has 0 aliphatic carbocycles. The first-order valence-electron chi connectivity index (χ1n) is 12.4. The van der Waals surface area contributed by atoms with Crippen molar-refractivity contribution in [2.45, 2.75) is 51.6 Å². The van der Waals surface area contributed by atoms with Gasteiger partial charge >= 0.3 is 12.1 Å². The van der Waals surface area contributed by atoms with Crippen LogP contribution in [0.5, 0.6) is 0 Å². The molecule has 1 aromatic carbocycles. The summed E-state index contributed by atoms with van der Waals surface area (Å²) in [5.74, 6) is -2.48. The van der Waals surface area contributed by atoms with E-state index in [2.05, 4.69) is 10.2 Å². The number of rotatable bonds is 3. The molecule has 2 atom stereocenters. The lowest BCUT2D eigenvalue weighted by molar-refractivity contribution is -0.159. The van der Waals surface area contributed by atoms with Gasteiger partial charge in [-0.2, -0.15) is 0 Å². The smallest absolute Gasteiger partial charge is 0.332 e. The van der Waals surface area contributed by atoms with Crippen molar-refractivity contribution in [1.82, 2.24) is 20.0 Å². The topological polar surface area (TPSA) is 127 Å². The van der Waals surface area contributed by atoms with Gasteiger partial charge in [-0.15, -0.1) is 0 Å². The monoisotopic (exact) mass is 507 g/mol. The van der Waals surface area contributed by atoms with E-state index in [1.807, 2.05) is 13.0 Å². The average Bonchev–Trinajstić information content (AvgIpc) is 3.38. The lowest BCUT2D eigenvalue weighted by atomic mass is 9.68. The molecule has 5 rings (SSSR count). The third kappa shape index (κ3) is 3.40. The molecule has 4 aliphatic rings. The molecule has 0 radical (unpaired) electrons. The van der Waals surface area contributed by atoms with E-state index in [0.717, 1.165) is 26.8 Å². The molecule has 1 aromatic rings. The van der Waals surface area contributed by atoms with Gasteiger partial charge in [-0.1, -0.05) is 13.0 Å². The van der Waals surface area contributed by atoms with Crippen molar-refractivity contribution in [1.29, 1.82) is 0 Å². The van der Waals surface area contributed by atoms with Crippen LogP contribution in [-0.4, -0.2) is 83.1 Å². The van der Waals surface area contributed by atoms with Crippen LogP contribution in [0.1, 0.15) is 44.2 Å². The zero-order valence-corrected chi connectivity index (χ0v) is 21.2. The highest BCUT2D eigenvalue weighted by atomic mass is 16.2. The number of hydrogen-bond donors (Lipinski definition) is 1. The first-order chi connectivity index (χ1) is 17.5. The zero-order chi connectivity index (χ0) is 26.8. The fraction of sp³-hybridized carbons (Fsp3) is 0.462. The number of hydrogen-bond acceptors (Lipinski definition) is 7. The number of imide groups is 4. The molecule has 0 aromatic heterocycles. The van der Waals surface area contributed by atoms with Crippen LogP contribution in [0.4, 0.5) is 15.3 Å². The van der Waals surface area contributed by atoms with Gasteiger partial charge < -0.3 is 4.90 Å². The minimum absolute atomic E-state index is 0.0950. The van der Waals surface area contributed by atoms with Gasteiger partial charge in [-0.3, -0.25) is 39.2 Å². The lowest BCUT2D eigenvalue weighted by Gasteiger charge is -2.50. The Morgan fingerprint density at radius 3 is 2.41 bits per heavy atom. The van der Waals surface area contributed by atoms with Gasteiger partial charge in [-0.25, -0.2) is 9.59 Å². The highest BCUT2D eigenvalue weighted by Crippen LogP contribution is 2.49. The quantitative estimate of drug-likeness (QED) is 0.373. The van der Waals surface area contributed by atoms with E-state index in [0.29, 0.717) is 30.5 Å². The summed E-state index contributed by atoms with van der Waals surface area (Å²) < 4.78 is 0. The molecule has 37 heavy (non-hydrogen) atoms. The number of amides is 8. The van der Waals surface area contributed by atoms with Crippen molar-refractivity contribution in [2.75, 3.05) is 25.5 Å². The second-order valence-corrected chi connectivity index (χ2v) is 10.1. The third-order valence-electron chi connectivity index (χ3n) is 8.13. The molecule has 1 spiro atoms. The van der Waals surface area contributed by atoms with Crippen LogP contribution in [-0.2, 0) is 25.6 Å². The molecule has 2 unspecified atom stereocenters. The van der Waals surface area contributed by atoms with Crippen molar-refractivity contribution in [3.8, 4) is 0 Å². The molecule has 11 heteroatoms. The first-order valence-corrected chi connectivity index (χ1v) is 12.4. The Labute approximate surface area is 214 Å². The fourth-order valence-corrected chi connectivity index (χ4v) is 6.05. The Kier molecular flexibility index (Phi) is 5.69. The van der Waals surface area contributed by atoms with Crippen LogP contribution in [0.3, 0.4) is 0 Å². The van der Waals surface area contributed by atoms with Crippen LogP contribution in [0.2, 0.25) is 0 Å². The van der Waals surface area contributed by atoms with Crippen molar-refractivity contribution in [3.63, 3.8) is 0 Å². The van der Waals surface area contributed by atoms with E-state index in [1.54, 1.807) is 19.1 Å². The van der Waals surface area contributed by atoms with Gasteiger partial charge in [0.15, 0.2) is 5.41 Å². The Morgan fingerprint density at radius 2 is 1.76 bits per heavy atom. The number of nitrogens with one attached hydrogen (secondary N) is 1. The number of urea groups is 2. The van der Waals surface area contributed by atoms with Gasteiger partial charge in [0.1, 0.15) is 5.57 Å². The predicted molar refractivity (Wildman–Crippen MR) is 132 cm³/mol. The number of barbiturate groups is 2. The van der Waals surface area contributed by atoms with Gasteiger partial charge in [0.2, 0.25) is 11.8 Å². The number of nitrogens with zero attached hydrogens (tertiary/aromatic N) is 4. The largest absolute Gasteiger partial charge is 0.367 e. The molecule has 0 saturated carbocycles. The molecule has 11 nitrogen and oxygen atoms in total. The van der Waals surface area contributed by atoms with Crippen molar-refractivity contribution in [2.24, 2.45) is 5.41 Å². The Balaban J connectivity index is 1.57. The minimum atomic E-state index is -1.44. The Bertz CT molecular complexity index is 1280. The van der Waals surface area contributed by atoms with Gasteiger partial charge in [0.25, 0.3) is 11.8 Å². The Morgan fingerprint density at radius 1 is 1.08 bits per heavy atom. The average molecular weight is 508 g/mol. The number of carbonyl (C=O) groups is 6. The number of benzene rings is 1. The SMILES string of the molecule is CCC(C)N1C(=O)NC(=O)C(=Cc2ccc3c(c2)CC2(C(=O)N(C)C(=O)N(C)C2=O)C2CCCN32)C1=O. The molecular formula is C26H29N5O6. The Hall–Kier alpha value is -4.02. The number of carbonyl (C=O) groups excluding carboxylic acids is 6. The summed E-state index contributed by atoms with van der Waals surface area (Å²) in [4.78, 5) is 82.6. The molecule has 4 heterocycles. The molecule has 4 aliphatic heterocycles. The van der Waals surface area contributed by atoms with Gasteiger partial charge in [0, 0.05) is 32.4 Å². The summed E-state index contributed by atoms with van der Waals surface area (Å²) in [5.41, 5.74) is 0.513. The molecule has 3 saturated heterocycles. The van der Waals surface area contributed by atoms with E-state index < -0.39 is 41.1 Å². The summed E-state index contributed by atoms with van der Waals surface area (Å²) in [6, 6.07) is 3.24. The van der Waals surface area contributed by atoms with Crippen LogP contribution >= 0.6 is 0 Å². The van der Waals surface area contributed by atoms with Crippen LogP contribution in [0.25, 0.3) is 6.08 Å². The zero-order valence-electron chi connectivity index (χ0n) is 21.2. The second kappa shape index (κ2) is 8.53. The predicted octanol–water partition coefficient (Wildman–Crippen LogP) is 1.51. The van der Waals surface area contributed by atoms with E-state index >= 15 is 0 Å². The van der Waals surface area contributed by atoms with Crippen molar-refractivity contribution >= 4 is 47.5 Å². The second-order valence-electron chi connectivity index (χ2n) is 10.1. The number of anilines is 1. The molecule has 3 fully saturated rings. The normalized spacial score (nSPS) is 25.2. The standard InChI is InChI=1S/C26H29N5O6/c1-5-14(2)31-21(33)17(20(32)27-24(31)36)12-15-8-9-18-16(11-15)13-26(19-7-6-10-30(18)19)22(34)28(3)25(37)29(4)23(26)35/h8-9,11-12,14,19H,5-7,10,13H2,1-4H3,(H,27,32,36). The maximum absolute atomic E-state index is 13.6. The fourth-order valence-electron chi connectivity index (χ4n) is 6.05. The van der Waals surface area contributed by atoms with Gasteiger partial charge in [0.05, 0.1) is 6.04 Å². The summed E-state index contributed by atoms with van der Waals surface area (Å²) >= 11 is 0. The van der Waals surface area contributed by atoms with E-state index in [-0.39, 0.29) is 24.1 Å².